The first-order valence-electron chi connectivity index (χ1n) is 3.31. The molecule has 0 radical (unpaired) electrons. The molecule has 4 nitrogen and oxygen atoms in total. The molecule has 0 amide bonds. The van der Waals surface area contributed by atoms with Gasteiger partial charge in [-0.05, 0) is 23.7 Å². The van der Waals surface area contributed by atoms with Gasteiger partial charge in [0.25, 0.3) is 5.24 Å². The van der Waals surface area contributed by atoms with E-state index in [1.807, 2.05) is 0 Å². The zero-order chi connectivity index (χ0) is 10.9. The third-order valence-corrected chi connectivity index (χ3v) is 1.67. The highest BCUT2D eigenvalue weighted by Gasteiger charge is 2.20. The second kappa shape index (κ2) is 3.87. The topological polar surface area (TPSA) is 60.8 Å². The molecule has 0 saturated heterocycles. The number of benzene rings is 1. The molecule has 0 spiro atoms. The fourth-order valence-corrected chi connectivity index (χ4v) is 1.05. The zero-order valence-electron chi connectivity index (χ0n) is 6.54. The minimum Gasteiger partial charge on any atom is -0.275 e. The van der Waals surface area contributed by atoms with Crippen molar-refractivity contribution in [3.05, 3.63) is 29.3 Å². The normalized spacial score (nSPS) is 10.1. The van der Waals surface area contributed by atoms with E-state index in [0.29, 0.717) is 6.07 Å². The fourth-order valence-electron chi connectivity index (χ4n) is 0.876. The Hall–Kier alpha value is -1.24. The van der Waals surface area contributed by atoms with Gasteiger partial charge in [0.15, 0.2) is 5.82 Å². The monoisotopic (exact) mass is 223 g/mol. The van der Waals surface area contributed by atoms with Crippen molar-refractivity contribution in [1.82, 2.24) is 0 Å². The Labute approximate surface area is 81.8 Å². The van der Waals surface area contributed by atoms with Crippen LogP contribution in [0.5, 0.6) is 0 Å². The van der Waals surface area contributed by atoms with Crippen LogP contribution in [0.3, 0.4) is 0 Å². The summed E-state index contributed by atoms with van der Waals surface area (Å²) in [7, 11) is 0. The first kappa shape index (κ1) is 10.8. The molecule has 1 aromatic rings. The summed E-state index contributed by atoms with van der Waals surface area (Å²) in [6, 6.07) is 1.43. The molecule has 0 heterocycles. The van der Waals surface area contributed by atoms with Crippen LogP contribution < -0.4 is 5.23 Å². The lowest BCUT2D eigenvalue weighted by molar-refractivity contribution is 0.0272. The van der Waals surface area contributed by atoms with Gasteiger partial charge in [-0.1, -0.05) is 0 Å². The van der Waals surface area contributed by atoms with E-state index in [0.717, 1.165) is 6.07 Å². The van der Waals surface area contributed by atoms with Gasteiger partial charge in [0.2, 0.25) is 0 Å². The van der Waals surface area contributed by atoms with Crippen LogP contribution in [0.2, 0.25) is 0 Å². The highest BCUT2D eigenvalue weighted by atomic mass is 35.5. The highest BCUT2D eigenvalue weighted by Crippen LogP contribution is 2.24. The number of halogens is 3. The van der Waals surface area contributed by atoms with E-state index in [9.17, 15) is 13.6 Å². The number of hydrogen-bond acceptors (Lipinski definition) is 4. The molecule has 0 bridgehead atoms. The third kappa shape index (κ3) is 1.82. The maximum atomic E-state index is 13.1. The maximum Gasteiger partial charge on any atom is 0.258 e. The molecule has 1 aromatic carbocycles. The smallest absolute Gasteiger partial charge is 0.258 e. The van der Waals surface area contributed by atoms with E-state index in [2.05, 4.69) is 0 Å². The summed E-state index contributed by atoms with van der Waals surface area (Å²) >= 11 is 4.89. The summed E-state index contributed by atoms with van der Waals surface area (Å²) < 4.78 is 25.9. The summed E-state index contributed by atoms with van der Waals surface area (Å²) in [5.41, 5.74) is -1.80. The molecule has 0 atom stereocenters. The Morgan fingerprint density at radius 1 is 1.36 bits per heavy atom. The van der Waals surface area contributed by atoms with Crippen LogP contribution in [0, 0.1) is 11.6 Å². The van der Waals surface area contributed by atoms with Crippen molar-refractivity contribution >= 4 is 22.5 Å². The highest BCUT2D eigenvalue weighted by molar-refractivity contribution is 6.67. The van der Waals surface area contributed by atoms with Gasteiger partial charge in [-0.3, -0.25) is 15.2 Å². The number of nitrogens with zero attached hydrogens (tertiary/aromatic N) is 1. The van der Waals surface area contributed by atoms with Crippen molar-refractivity contribution in [3.8, 4) is 0 Å². The van der Waals surface area contributed by atoms with Gasteiger partial charge < -0.3 is 0 Å². The molecule has 1 rings (SSSR count). The van der Waals surface area contributed by atoms with Crippen molar-refractivity contribution in [2.45, 2.75) is 0 Å². The minimum absolute atomic E-state index is 0.571. The predicted molar refractivity (Wildman–Crippen MR) is 42.6 cm³/mol. The number of carbonyl (C=O) groups is 1. The third-order valence-electron chi connectivity index (χ3n) is 1.48. The Kier molecular flexibility index (Phi) is 3.00. The Bertz CT molecular complexity index is 383. The van der Waals surface area contributed by atoms with Gasteiger partial charge in [-0.2, -0.15) is 0 Å². The van der Waals surface area contributed by atoms with Crippen molar-refractivity contribution in [1.29, 1.82) is 0 Å². The molecule has 7 heteroatoms. The quantitative estimate of drug-likeness (QED) is 0.594. The average molecular weight is 224 g/mol. The van der Waals surface area contributed by atoms with Crippen LogP contribution in [0.25, 0.3) is 0 Å². The fraction of sp³-hybridized carbons (Fsp3) is 0. The van der Waals surface area contributed by atoms with Crippen molar-refractivity contribution in [2.24, 2.45) is 0 Å². The van der Waals surface area contributed by atoms with E-state index < -0.39 is 33.4 Å². The van der Waals surface area contributed by atoms with Gasteiger partial charge in [0.1, 0.15) is 17.1 Å². The number of rotatable bonds is 2. The Morgan fingerprint density at radius 2 is 1.93 bits per heavy atom. The van der Waals surface area contributed by atoms with Crippen LogP contribution in [0.15, 0.2) is 12.1 Å². The van der Waals surface area contributed by atoms with Gasteiger partial charge >= 0.3 is 0 Å². The summed E-state index contributed by atoms with van der Waals surface area (Å²) in [4.78, 5) is 10.6. The number of anilines is 1. The SMILES string of the molecule is O=C(Cl)c1c(F)ccc(N(O)O)c1F. The second-order valence-electron chi connectivity index (χ2n) is 2.32. The average Bonchev–Trinajstić information content (AvgIpc) is 2.02. The molecular formula is C7H4ClF2NO3. The molecular weight excluding hydrogens is 220 g/mol. The predicted octanol–water partition coefficient (Wildman–Crippen LogP) is 1.93. The molecule has 0 aliphatic carbocycles. The van der Waals surface area contributed by atoms with Gasteiger partial charge in [-0.25, -0.2) is 8.78 Å². The Balaban J connectivity index is 3.41. The van der Waals surface area contributed by atoms with Gasteiger partial charge in [-0.15, -0.1) is 5.23 Å². The molecule has 0 unspecified atom stereocenters. The standard InChI is InChI=1S/C7H4ClF2NO3/c8-7(12)5-3(9)1-2-4(6(5)10)11(13)14/h1-2,13-14H. The van der Waals surface area contributed by atoms with E-state index in [-0.39, 0.29) is 0 Å². The van der Waals surface area contributed by atoms with Crippen LogP contribution in [0.4, 0.5) is 14.5 Å². The van der Waals surface area contributed by atoms with Gasteiger partial charge in [0, 0.05) is 0 Å². The molecule has 0 fully saturated rings. The first-order chi connectivity index (χ1) is 6.45. The van der Waals surface area contributed by atoms with Gasteiger partial charge in [0.05, 0.1) is 0 Å². The van der Waals surface area contributed by atoms with E-state index >= 15 is 0 Å². The summed E-state index contributed by atoms with van der Waals surface area (Å²) in [5, 5.41) is 15.0. The van der Waals surface area contributed by atoms with E-state index in [4.69, 9.17) is 22.0 Å². The summed E-state index contributed by atoms with van der Waals surface area (Å²) in [6.07, 6.45) is 0. The second-order valence-corrected chi connectivity index (χ2v) is 2.66. The largest absolute Gasteiger partial charge is 0.275 e. The lowest BCUT2D eigenvalue weighted by Gasteiger charge is -2.10. The van der Waals surface area contributed by atoms with E-state index in [1.54, 1.807) is 0 Å². The maximum absolute atomic E-state index is 13.1. The first-order valence-corrected chi connectivity index (χ1v) is 3.68. The minimum atomic E-state index is -1.44. The summed E-state index contributed by atoms with van der Waals surface area (Å²) in [5.74, 6) is -2.61. The molecule has 0 aliphatic rings. The number of carbonyl (C=O) groups excluding carboxylic acids is 1. The zero-order valence-corrected chi connectivity index (χ0v) is 7.29. The molecule has 0 aromatic heterocycles. The van der Waals surface area contributed by atoms with Crippen LogP contribution >= 0.6 is 11.6 Å². The molecule has 14 heavy (non-hydrogen) atoms. The van der Waals surface area contributed by atoms with Crippen LogP contribution in [-0.2, 0) is 0 Å². The molecule has 0 aliphatic heterocycles. The van der Waals surface area contributed by atoms with Crippen molar-refractivity contribution in [3.63, 3.8) is 0 Å². The lowest BCUT2D eigenvalue weighted by atomic mass is 10.2. The van der Waals surface area contributed by atoms with E-state index in [1.165, 1.54) is 0 Å². The van der Waals surface area contributed by atoms with Crippen molar-refractivity contribution in [2.75, 3.05) is 5.23 Å². The van der Waals surface area contributed by atoms with Crippen molar-refractivity contribution < 1.29 is 24.0 Å². The molecule has 0 saturated carbocycles. The molecule has 2 N–H and O–H groups in total. The van der Waals surface area contributed by atoms with Crippen LogP contribution in [-0.4, -0.2) is 15.7 Å². The molecule has 76 valence electrons. The Morgan fingerprint density at radius 3 is 2.36 bits per heavy atom. The lowest BCUT2D eigenvalue weighted by Crippen LogP contribution is -2.15. The van der Waals surface area contributed by atoms with Crippen LogP contribution in [0.1, 0.15) is 10.4 Å². The number of hydrogen-bond donors (Lipinski definition) is 2. The summed E-state index contributed by atoms with van der Waals surface area (Å²) in [6.45, 7) is 0.